The summed E-state index contributed by atoms with van der Waals surface area (Å²) in [7, 11) is 1.95. The van der Waals surface area contributed by atoms with Gasteiger partial charge in [0.05, 0.1) is 18.9 Å². The van der Waals surface area contributed by atoms with Gasteiger partial charge in [0.1, 0.15) is 0 Å². The van der Waals surface area contributed by atoms with Crippen LogP contribution in [0, 0.1) is 5.92 Å². The van der Waals surface area contributed by atoms with Gasteiger partial charge in [-0.25, -0.2) is 0 Å². The molecule has 0 saturated carbocycles. The summed E-state index contributed by atoms with van der Waals surface area (Å²) in [5.74, 6) is 0.576. The molecule has 11 heavy (non-hydrogen) atoms. The first-order chi connectivity index (χ1) is 5.33. The molecule has 4 heteroatoms. The molecule has 0 saturated heterocycles. The van der Waals surface area contributed by atoms with E-state index in [9.17, 15) is 0 Å². The van der Waals surface area contributed by atoms with Gasteiger partial charge in [0.25, 0.3) is 0 Å². The van der Waals surface area contributed by atoms with E-state index >= 15 is 0 Å². The molecule has 1 aromatic heterocycles. The lowest BCUT2D eigenvalue weighted by Gasteiger charge is -2.08. The largest absolute Gasteiger partial charge is 0.319 e. The van der Waals surface area contributed by atoms with Crippen LogP contribution in [0.5, 0.6) is 0 Å². The predicted molar refractivity (Wildman–Crippen MR) is 43.1 cm³/mol. The van der Waals surface area contributed by atoms with E-state index in [1.807, 2.05) is 7.05 Å². The lowest BCUT2D eigenvalue weighted by molar-refractivity contribution is 0.402. The summed E-state index contributed by atoms with van der Waals surface area (Å²) in [5.41, 5.74) is 0. The van der Waals surface area contributed by atoms with E-state index in [2.05, 4.69) is 22.4 Å². The minimum absolute atomic E-state index is 0.576. The fraction of sp³-hybridized carbons (Fsp3) is 0.714. The van der Waals surface area contributed by atoms with Gasteiger partial charge in [0.2, 0.25) is 0 Å². The quantitative estimate of drug-likeness (QED) is 0.670. The van der Waals surface area contributed by atoms with Gasteiger partial charge in [-0.15, -0.1) is 0 Å². The average molecular weight is 154 g/mol. The molecular weight excluding hydrogens is 140 g/mol. The zero-order chi connectivity index (χ0) is 8.10. The molecule has 0 amide bonds. The third kappa shape index (κ3) is 2.67. The van der Waals surface area contributed by atoms with Crippen molar-refractivity contribution in [3.05, 3.63) is 12.4 Å². The number of nitrogens with zero attached hydrogens (tertiary/aromatic N) is 3. The maximum atomic E-state index is 4.02. The van der Waals surface area contributed by atoms with Gasteiger partial charge in [0, 0.05) is 0 Å². The van der Waals surface area contributed by atoms with E-state index in [-0.39, 0.29) is 0 Å². The molecule has 1 unspecified atom stereocenters. The zero-order valence-corrected chi connectivity index (χ0v) is 6.99. The van der Waals surface area contributed by atoms with Crippen molar-refractivity contribution in [2.24, 2.45) is 5.92 Å². The minimum Gasteiger partial charge on any atom is -0.319 e. The molecule has 0 radical (unpaired) electrons. The fourth-order valence-corrected chi connectivity index (χ4v) is 1.03. The molecule has 1 N–H and O–H groups in total. The summed E-state index contributed by atoms with van der Waals surface area (Å²) in [6, 6.07) is 0. The smallest absolute Gasteiger partial charge is 0.0693 e. The molecule has 62 valence electrons. The van der Waals surface area contributed by atoms with Crippen LogP contribution in [0.15, 0.2) is 12.4 Å². The summed E-state index contributed by atoms with van der Waals surface area (Å²) >= 11 is 0. The third-order valence-electron chi connectivity index (χ3n) is 1.49. The van der Waals surface area contributed by atoms with Crippen molar-refractivity contribution in [3.63, 3.8) is 0 Å². The monoisotopic (exact) mass is 154 g/mol. The fourth-order valence-electron chi connectivity index (χ4n) is 1.03. The highest BCUT2D eigenvalue weighted by Crippen LogP contribution is 1.94. The molecule has 0 spiro atoms. The SMILES string of the molecule is CNCC(C)Cn1nccn1. The predicted octanol–water partition coefficient (Wildman–Crippen LogP) is 0.134. The van der Waals surface area contributed by atoms with E-state index in [1.165, 1.54) is 0 Å². The van der Waals surface area contributed by atoms with Crippen LogP contribution in [-0.4, -0.2) is 28.6 Å². The van der Waals surface area contributed by atoms with Crippen molar-refractivity contribution in [3.8, 4) is 0 Å². The summed E-state index contributed by atoms with van der Waals surface area (Å²) in [5, 5.41) is 11.1. The first-order valence-corrected chi connectivity index (χ1v) is 3.81. The van der Waals surface area contributed by atoms with Crippen LogP contribution < -0.4 is 5.32 Å². The normalized spacial score (nSPS) is 13.3. The van der Waals surface area contributed by atoms with E-state index in [4.69, 9.17) is 0 Å². The second-order valence-electron chi connectivity index (χ2n) is 2.75. The van der Waals surface area contributed by atoms with Crippen molar-refractivity contribution in [1.82, 2.24) is 20.3 Å². The lowest BCUT2D eigenvalue weighted by Crippen LogP contribution is -2.21. The number of aromatic nitrogens is 3. The molecule has 0 aliphatic rings. The number of rotatable bonds is 4. The van der Waals surface area contributed by atoms with Crippen LogP contribution in [0.1, 0.15) is 6.92 Å². The Kier molecular flexibility index (Phi) is 3.04. The molecule has 1 aromatic rings. The molecule has 0 bridgehead atoms. The van der Waals surface area contributed by atoms with E-state index in [1.54, 1.807) is 17.2 Å². The Morgan fingerprint density at radius 3 is 2.64 bits per heavy atom. The van der Waals surface area contributed by atoms with Gasteiger partial charge in [-0.2, -0.15) is 15.0 Å². The van der Waals surface area contributed by atoms with E-state index in [0.29, 0.717) is 5.92 Å². The second kappa shape index (κ2) is 4.08. The Balaban J connectivity index is 2.31. The van der Waals surface area contributed by atoms with Crippen molar-refractivity contribution in [2.75, 3.05) is 13.6 Å². The Labute approximate surface area is 66.6 Å². The Morgan fingerprint density at radius 1 is 1.45 bits per heavy atom. The third-order valence-corrected chi connectivity index (χ3v) is 1.49. The molecule has 4 nitrogen and oxygen atoms in total. The number of hydrogen-bond donors (Lipinski definition) is 1. The van der Waals surface area contributed by atoms with Gasteiger partial charge in [-0.05, 0) is 19.5 Å². The van der Waals surface area contributed by atoms with Crippen molar-refractivity contribution in [1.29, 1.82) is 0 Å². The summed E-state index contributed by atoms with van der Waals surface area (Å²) in [4.78, 5) is 1.71. The molecule has 1 heterocycles. The van der Waals surface area contributed by atoms with Gasteiger partial charge in [-0.1, -0.05) is 6.92 Å². The van der Waals surface area contributed by atoms with Gasteiger partial charge < -0.3 is 5.32 Å². The highest BCUT2D eigenvalue weighted by atomic mass is 15.5. The van der Waals surface area contributed by atoms with Crippen molar-refractivity contribution >= 4 is 0 Å². The highest BCUT2D eigenvalue weighted by Gasteiger charge is 2.01. The van der Waals surface area contributed by atoms with Crippen molar-refractivity contribution in [2.45, 2.75) is 13.5 Å². The molecule has 0 fully saturated rings. The minimum atomic E-state index is 0.576. The van der Waals surface area contributed by atoms with Gasteiger partial charge in [-0.3, -0.25) is 0 Å². The number of hydrogen-bond acceptors (Lipinski definition) is 3. The van der Waals surface area contributed by atoms with E-state index < -0.39 is 0 Å². The van der Waals surface area contributed by atoms with Crippen LogP contribution in [0.25, 0.3) is 0 Å². The van der Waals surface area contributed by atoms with Crippen LogP contribution in [0.2, 0.25) is 0 Å². The van der Waals surface area contributed by atoms with Crippen LogP contribution >= 0.6 is 0 Å². The topological polar surface area (TPSA) is 42.7 Å². The zero-order valence-electron chi connectivity index (χ0n) is 6.99. The number of nitrogens with one attached hydrogen (secondary N) is 1. The Morgan fingerprint density at radius 2 is 2.09 bits per heavy atom. The highest BCUT2D eigenvalue weighted by molar-refractivity contribution is 4.62. The molecule has 0 aliphatic heterocycles. The molecule has 1 atom stereocenters. The Hall–Kier alpha value is -0.900. The van der Waals surface area contributed by atoms with Crippen LogP contribution in [-0.2, 0) is 6.54 Å². The molecular formula is C7H14N4. The summed E-state index contributed by atoms with van der Waals surface area (Å²) in [6.07, 6.45) is 3.40. The first kappa shape index (κ1) is 8.20. The summed E-state index contributed by atoms with van der Waals surface area (Å²) < 4.78 is 0. The van der Waals surface area contributed by atoms with Crippen LogP contribution in [0.4, 0.5) is 0 Å². The van der Waals surface area contributed by atoms with Crippen LogP contribution in [0.3, 0.4) is 0 Å². The molecule has 0 aliphatic carbocycles. The maximum Gasteiger partial charge on any atom is 0.0693 e. The molecule has 0 aromatic carbocycles. The van der Waals surface area contributed by atoms with Gasteiger partial charge >= 0.3 is 0 Å². The van der Waals surface area contributed by atoms with Crippen molar-refractivity contribution < 1.29 is 0 Å². The first-order valence-electron chi connectivity index (χ1n) is 3.81. The summed E-state index contributed by atoms with van der Waals surface area (Å²) in [6.45, 7) is 4.05. The molecule has 1 rings (SSSR count). The average Bonchev–Trinajstić information content (AvgIpc) is 2.40. The lowest BCUT2D eigenvalue weighted by atomic mass is 10.2. The van der Waals surface area contributed by atoms with Gasteiger partial charge in [0.15, 0.2) is 0 Å². The second-order valence-corrected chi connectivity index (χ2v) is 2.75. The van der Waals surface area contributed by atoms with E-state index in [0.717, 1.165) is 13.1 Å². The maximum absolute atomic E-state index is 4.02. The Bertz CT molecular complexity index is 182. The standard InChI is InChI=1S/C7H14N4/c1-7(5-8-2)6-11-9-3-4-10-11/h3-4,7-8H,5-6H2,1-2H3.